The van der Waals surface area contributed by atoms with E-state index in [4.69, 9.17) is 4.74 Å². The molecule has 0 spiro atoms. The molecule has 0 amide bonds. The van der Waals surface area contributed by atoms with Gasteiger partial charge in [-0.05, 0) is 31.3 Å². The smallest absolute Gasteiger partial charge is 0.125 e. The minimum absolute atomic E-state index is 0.221. The first-order chi connectivity index (χ1) is 9.65. The summed E-state index contributed by atoms with van der Waals surface area (Å²) >= 11 is 0. The van der Waals surface area contributed by atoms with Gasteiger partial charge in [-0.1, -0.05) is 13.8 Å². The van der Waals surface area contributed by atoms with E-state index in [0.717, 1.165) is 35.3 Å². The number of aromatic nitrogens is 1. The highest BCUT2D eigenvalue weighted by Crippen LogP contribution is 2.31. The lowest BCUT2D eigenvalue weighted by Gasteiger charge is -2.23. The molecule has 0 fully saturated rings. The molecule has 0 aliphatic carbocycles. The van der Waals surface area contributed by atoms with Crippen LogP contribution in [0.5, 0.6) is 5.75 Å². The number of hydrogen-bond acceptors (Lipinski definition) is 3. The van der Waals surface area contributed by atoms with E-state index in [0.29, 0.717) is 0 Å². The van der Waals surface area contributed by atoms with Gasteiger partial charge < -0.3 is 9.30 Å². The second-order valence-corrected chi connectivity index (χ2v) is 4.83. The predicted molar refractivity (Wildman–Crippen MR) is 80.7 cm³/mol. The number of fused-ring (bicyclic) bond motifs is 1. The summed E-state index contributed by atoms with van der Waals surface area (Å²) in [6.07, 6.45) is 2.05. The van der Waals surface area contributed by atoms with Crippen molar-refractivity contribution in [3.8, 4) is 11.8 Å². The zero-order chi connectivity index (χ0) is 14.7. The lowest BCUT2D eigenvalue weighted by molar-refractivity contribution is 0.263. The molecule has 0 saturated heterocycles. The van der Waals surface area contributed by atoms with E-state index >= 15 is 0 Å². The van der Waals surface area contributed by atoms with Crippen LogP contribution < -0.4 is 4.74 Å². The number of ether oxygens (including phenoxy) is 1. The molecule has 20 heavy (non-hydrogen) atoms. The molecular formula is C16H21N3O. The van der Waals surface area contributed by atoms with Gasteiger partial charge in [-0.2, -0.15) is 5.26 Å². The Morgan fingerprint density at radius 1 is 1.35 bits per heavy atom. The number of nitriles is 1. The first-order valence-corrected chi connectivity index (χ1v) is 6.92. The van der Waals surface area contributed by atoms with Crippen molar-refractivity contribution in [2.75, 3.05) is 20.2 Å². The lowest BCUT2D eigenvalue weighted by Crippen LogP contribution is -2.27. The fourth-order valence-electron chi connectivity index (χ4n) is 2.68. The maximum atomic E-state index is 9.58. The lowest BCUT2D eigenvalue weighted by atomic mass is 10.1. The van der Waals surface area contributed by atoms with Crippen LogP contribution in [-0.4, -0.2) is 29.7 Å². The van der Waals surface area contributed by atoms with E-state index < -0.39 is 0 Å². The zero-order valence-electron chi connectivity index (χ0n) is 12.6. The molecule has 1 atom stereocenters. The number of hydrogen-bond donors (Lipinski definition) is 0. The molecular weight excluding hydrogens is 250 g/mol. The summed E-state index contributed by atoms with van der Waals surface area (Å²) in [7, 11) is 3.67. The Balaban J connectivity index is 2.60. The van der Waals surface area contributed by atoms with Crippen molar-refractivity contribution in [1.29, 1.82) is 5.26 Å². The molecule has 2 rings (SSSR count). The zero-order valence-corrected chi connectivity index (χ0v) is 12.6. The third-order valence-electron chi connectivity index (χ3n) is 3.82. The monoisotopic (exact) mass is 271 g/mol. The van der Waals surface area contributed by atoms with Crippen molar-refractivity contribution in [2.45, 2.75) is 19.9 Å². The van der Waals surface area contributed by atoms with Gasteiger partial charge in [0.05, 0.1) is 13.2 Å². The van der Waals surface area contributed by atoms with Gasteiger partial charge in [0, 0.05) is 29.7 Å². The fraction of sp³-hybridized carbons (Fsp3) is 0.438. The summed E-state index contributed by atoms with van der Waals surface area (Å²) in [6, 6.07) is 8.21. The quantitative estimate of drug-likeness (QED) is 0.839. The molecule has 0 N–H and O–H groups in total. The Bertz CT molecular complexity index is 635. The number of benzene rings is 1. The van der Waals surface area contributed by atoms with Gasteiger partial charge in [0.25, 0.3) is 0 Å². The maximum absolute atomic E-state index is 9.58. The van der Waals surface area contributed by atoms with Gasteiger partial charge in [-0.25, -0.2) is 0 Å². The van der Waals surface area contributed by atoms with Crippen LogP contribution in [0.2, 0.25) is 0 Å². The summed E-state index contributed by atoms with van der Waals surface area (Å²) < 4.78 is 7.37. The Hall–Kier alpha value is -1.99. The number of methoxy groups -OCH3 is 1. The van der Waals surface area contributed by atoms with Crippen LogP contribution >= 0.6 is 0 Å². The fourth-order valence-corrected chi connectivity index (χ4v) is 2.68. The minimum atomic E-state index is -0.221. The molecule has 0 saturated carbocycles. The highest BCUT2D eigenvalue weighted by Gasteiger charge is 2.21. The highest BCUT2D eigenvalue weighted by molar-refractivity contribution is 5.86. The van der Waals surface area contributed by atoms with Crippen LogP contribution in [0, 0.1) is 11.3 Å². The van der Waals surface area contributed by atoms with Gasteiger partial charge in [-0.3, -0.25) is 4.90 Å². The molecule has 1 unspecified atom stereocenters. The van der Waals surface area contributed by atoms with Gasteiger partial charge in [-0.15, -0.1) is 0 Å². The SMILES string of the molecule is CCN(CC)C(C#N)c1cn(C)c2ccc(OC)cc12. The third-order valence-corrected chi connectivity index (χ3v) is 3.82. The normalized spacial score (nSPS) is 12.6. The molecule has 4 nitrogen and oxygen atoms in total. The van der Waals surface area contributed by atoms with Gasteiger partial charge in [0.1, 0.15) is 11.8 Å². The van der Waals surface area contributed by atoms with Crippen molar-refractivity contribution < 1.29 is 4.74 Å². The summed E-state index contributed by atoms with van der Waals surface area (Å²) in [5, 5.41) is 10.7. The Morgan fingerprint density at radius 2 is 2.05 bits per heavy atom. The van der Waals surface area contributed by atoms with E-state index in [1.54, 1.807) is 7.11 Å². The molecule has 0 aliphatic heterocycles. The Kier molecular flexibility index (Phi) is 4.31. The molecule has 1 aromatic heterocycles. The molecule has 1 heterocycles. The second-order valence-electron chi connectivity index (χ2n) is 4.83. The van der Waals surface area contributed by atoms with Crippen LogP contribution in [-0.2, 0) is 7.05 Å². The molecule has 0 radical (unpaired) electrons. The Morgan fingerprint density at radius 3 is 2.60 bits per heavy atom. The number of rotatable bonds is 5. The maximum Gasteiger partial charge on any atom is 0.125 e. The van der Waals surface area contributed by atoms with Gasteiger partial charge in [0.15, 0.2) is 0 Å². The number of nitrogens with zero attached hydrogens (tertiary/aromatic N) is 3. The van der Waals surface area contributed by atoms with E-state index in [-0.39, 0.29) is 6.04 Å². The van der Waals surface area contributed by atoms with Gasteiger partial charge >= 0.3 is 0 Å². The second kappa shape index (κ2) is 5.98. The van der Waals surface area contributed by atoms with Crippen molar-refractivity contribution >= 4 is 10.9 Å². The van der Waals surface area contributed by atoms with Crippen molar-refractivity contribution in [2.24, 2.45) is 7.05 Å². The molecule has 106 valence electrons. The summed E-state index contributed by atoms with van der Waals surface area (Å²) in [4.78, 5) is 2.16. The highest BCUT2D eigenvalue weighted by atomic mass is 16.5. The topological polar surface area (TPSA) is 41.2 Å². The van der Waals surface area contributed by atoms with Crippen LogP contribution in [0.15, 0.2) is 24.4 Å². The van der Waals surface area contributed by atoms with Crippen molar-refractivity contribution in [1.82, 2.24) is 9.47 Å². The van der Waals surface area contributed by atoms with Crippen molar-refractivity contribution in [3.05, 3.63) is 30.0 Å². The van der Waals surface area contributed by atoms with E-state index in [1.807, 2.05) is 25.2 Å². The average Bonchev–Trinajstić information content (AvgIpc) is 2.81. The average molecular weight is 271 g/mol. The molecule has 4 heteroatoms. The van der Waals surface area contributed by atoms with Gasteiger partial charge in [0.2, 0.25) is 0 Å². The molecule has 0 aliphatic rings. The first-order valence-electron chi connectivity index (χ1n) is 6.92. The predicted octanol–water partition coefficient (Wildman–Crippen LogP) is 3.09. The first kappa shape index (κ1) is 14.4. The summed E-state index contributed by atoms with van der Waals surface area (Å²) in [5.41, 5.74) is 2.17. The largest absolute Gasteiger partial charge is 0.497 e. The van der Waals surface area contributed by atoms with Crippen molar-refractivity contribution in [3.63, 3.8) is 0 Å². The van der Waals surface area contributed by atoms with Crippen LogP contribution in [0.25, 0.3) is 10.9 Å². The molecule has 0 bridgehead atoms. The van der Waals surface area contributed by atoms with Crippen LogP contribution in [0.1, 0.15) is 25.5 Å². The third kappa shape index (κ3) is 2.37. The summed E-state index contributed by atoms with van der Waals surface area (Å²) in [6.45, 7) is 5.88. The standard InChI is InChI=1S/C16H21N3O/c1-5-19(6-2)16(10-17)14-11-18(3)15-8-7-12(20-4)9-13(14)15/h7-9,11,16H,5-6H2,1-4H3. The minimum Gasteiger partial charge on any atom is -0.497 e. The summed E-state index contributed by atoms with van der Waals surface area (Å²) in [5.74, 6) is 0.821. The number of aryl methyl sites for hydroxylation is 1. The Labute approximate surface area is 120 Å². The van der Waals surface area contributed by atoms with E-state index in [9.17, 15) is 5.26 Å². The molecule has 1 aromatic carbocycles. The van der Waals surface area contributed by atoms with E-state index in [2.05, 4.69) is 35.6 Å². The van der Waals surface area contributed by atoms with Crippen LogP contribution in [0.3, 0.4) is 0 Å². The van der Waals surface area contributed by atoms with E-state index in [1.165, 1.54) is 0 Å². The molecule has 2 aromatic rings. The van der Waals surface area contributed by atoms with Crippen LogP contribution in [0.4, 0.5) is 0 Å².